The molecule has 198 valence electrons. The van der Waals surface area contributed by atoms with Crippen molar-refractivity contribution in [2.24, 2.45) is 4.99 Å². The van der Waals surface area contributed by atoms with Gasteiger partial charge in [-0.1, -0.05) is 0 Å². The second kappa shape index (κ2) is 10.5. The minimum Gasteiger partial charge on any atom is -0.488 e. The summed E-state index contributed by atoms with van der Waals surface area (Å²) in [6.45, 7) is 4.00. The Bertz CT molecular complexity index is 1520. The SMILES string of the molecule is C[C@H]1CN=C(c2ccc(-c3cc(Oc4cnc(S(C)(=O)=O)cn4)cc(O[C@@H](C)COS(C)(=O)=O)c3)[nH]2)O1. The average molecular weight is 551 g/mol. The summed E-state index contributed by atoms with van der Waals surface area (Å²) in [5.41, 5.74) is 2.11. The molecular formula is C23H26N4O8S2. The largest absolute Gasteiger partial charge is 0.488 e. The molecule has 0 aliphatic carbocycles. The van der Waals surface area contributed by atoms with Crippen LogP contribution in [-0.4, -0.2) is 75.6 Å². The molecular weight excluding hydrogens is 524 g/mol. The zero-order chi connectivity index (χ0) is 26.8. The van der Waals surface area contributed by atoms with Gasteiger partial charge in [0.05, 0.1) is 25.2 Å². The predicted octanol–water partition coefficient (Wildman–Crippen LogP) is 2.58. The highest BCUT2D eigenvalue weighted by Crippen LogP contribution is 2.32. The fraction of sp³-hybridized carbons (Fsp3) is 0.348. The standard InChI is InChI=1S/C23H26N4O8S2/c1-14-10-26-23(34-14)20-6-5-19(27-20)16-7-17(33-15(2)13-32-37(4,30)31)9-18(8-16)35-21-11-25-22(12-24-21)36(3,28)29/h5-9,11-12,14-15,27H,10,13H2,1-4H3/t14-,15-/m0/s1. The van der Waals surface area contributed by atoms with E-state index >= 15 is 0 Å². The van der Waals surface area contributed by atoms with Gasteiger partial charge in [0.1, 0.15) is 36.0 Å². The van der Waals surface area contributed by atoms with E-state index in [4.69, 9.17) is 18.4 Å². The third kappa shape index (κ3) is 7.27. The Morgan fingerprint density at radius 1 is 1.05 bits per heavy atom. The molecule has 1 aliphatic rings. The number of ether oxygens (including phenoxy) is 3. The lowest BCUT2D eigenvalue weighted by atomic mass is 10.1. The first-order valence-corrected chi connectivity index (χ1v) is 14.8. The molecule has 0 bridgehead atoms. The second-order valence-corrected chi connectivity index (χ2v) is 12.1. The third-order valence-electron chi connectivity index (χ3n) is 4.97. The van der Waals surface area contributed by atoms with E-state index in [-0.39, 0.29) is 23.6 Å². The van der Waals surface area contributed by atoms with Crippen LogP contribution in [0, 0.1) is 0 Å². The first-order chi connectivity index (χ1) is 17.4. The van der Waals surface area contributed by atoms with Gasteiger partial charge in [-0.25, -0.2) is 23.4 Å². The fourth-order valence-electron chi connectivity index (χ4n) is 3.32. The normalized spacial score (nSPS) is 16.6. The van der Waals surface area contributed by atoms with Crippen LogP contribution in [0.1, 0.15) is 19.5 Å². The highest BCUT2D eigenvalue weighted by Gasteiger charge is 2.19. The van der Waals surface area contributed by atoms with E-state index < -0.39 is 26.1 Å². The molecule has 0 saturated heterocycles. The first-order valence-electron chi connectivity index (χ1n) is 11.1. The lowest BCUT2D eigenvalue weighted by Crippen LogP contribution is -2.21. The van der Waals surface area contributed by atoms with Crippen LogP contribution in [0.5, 0.6) is 17.4 Å². The molecule has 0 radical (unpaired) electrons. The van der Waals surface area contributed by atoms with Crippen molar-refractivity contribution in [1.29, 1.82) is 0 Å². The minimum absolute atomic E-state index is 0.00400. The Balaban J connectivity index is 1.62. The van der Waals surface area contributed by atoms with Crippen molar-refractivity contribution in [1.82, 2.24) is 15.0 Å². The predicted molar refractivity (Wildman–Crippen MR) is 134 cm³/mol. The van der Waals surface area contributed by atoms with Gasteiger partial charge in [0.15, 0.2) is 14.9 Å². The summed E-state index contributed by atoms with van der Waals surface area (Å²) in [5.74, 6) is 1.29. The molecule has 37 heavy (non-hydrogen) atoms. The van der Waals surface area contributed by atoms with Crippen LogP contribution in [0.2, 0.25) is 0 Å². The smallest absolute Gasteiger partial charge is 0.264 e. The molecule has 0 saturated carbocycles. The van der Waals surface area contributed by atoms with E-state index in [1.54, 1.807) is 25.1 Å². The Morgan fingerprint density at radius 3 is 2.41 bits per heavy atom. The molecule has 1 aromatic carbocycles. The number of hydrogen-bond donors (Lipinski definition) is 1. The number of benzene rings is 1. The van der Waals surface area contributed by atoms with Crippen LogP contribution in [-0.2, 0) is 28.9 Å². The monoisotopic (exact) mass is 550 g/mol. The van der Waals surface area contributed by atoms with E-state index in [1.807, 2.05) is 19.1 Å². The van der Waals surface area contributed by atoms with Crippen molar-refractivity contribution < 1.29 is 35.2 Å². The maximum Gasteiger partial charge on any atom is 0.264 e. The molecule has 1 aliphatic heterocycles. The quantitative estimate of drug-likeness (QED) is 0.372. The van der Waals surface area contributed by atoms with E-state index in [9.17, 15) is 16.8 Å². The molecule has 2 aromatic heterocycles. The number of aromatic amines is 1. The lowest BCUT2D eigenvalue weighted by Gasteiger charge is -2.16. The van der Waals surface area contributed by atoms with Gasteiger partial charge in [0, 0.05) is 23.6 Å². The summed E-state index contributed by atoms with van der Waals surface area (Å²) in [4.78, 5) is 15.6. The van der Waals surface area contributed by atoms with Gasteiger partial charge < -0.3 is 19.2 Å². The molecule has 0 unspecified atom stereocenters. The summed E-state index contributed by atoms with van der Waals surface area (Å²) >= 11 is 0. The molecule has 4 rings (SSSR count). The number of aliphatic imine (C=N–C) groups is 1. The molecule has 2 atom stereocenters. The van der Waals surface area contributed by atoms with Crippen molar-refractivity contribution in [2.75, 3.05) is 25.7 Å². The van der Waals surface area contributed by atoms with Crippen LogP contribution in [0.3, 0.4) is 0 Å². The van der Waals surface area contributed by atoms with Crippen molar-refractivity contribution in [2.45, 2.75) is 31.1 Å². The topological polar surface area (TPSA) is 159 Å². The number of nitrogens with one attached hydrogen (secondary N) is 1. The second-order valence-electron chi connectivity index (χ2n) is 8.54. The van der Waals surface area contributed by atoms with Crippen LogP contribution >= 0.6 is 0 Å². The minimum atomic E-state index is -3.63. The van der Waals surface area contributed by atoms with Gasteiger partial charge >= 0.3 is 0 Å². The number of rotatable bonds is 10. The highest BCUT2D eigenvalue weighted by molar-refractivity contribution is 7.90. The zero-order valence-electron chi connectivity index (χ0n) is 20.5. The van der Waals surface area contributed by atoms with Crippen molar-refractivity contribution in [3.05, 3.63) is 48.4 Å². The molecule has 0 fully saturated rings. The van der Waals surface area contributed by atoms with Gasteiger partial charge in [0.2, 0.25) is 11.8 Å². The fourth-order valence-corrected chi connectivity index (χ4v) is 4.25. The van der Waals surface area contributed by atoms with Gasteiger partial charge in [-0.2, -0.15) is 8.42 Å². The molecule has 0 spiro atoms. The van der Waals surface area contributed by atoms with Crippen molar-refractivity contribution in [3.8, 4) is 28.6 Å². The first kappa shape index (κ1) is 26.6. The molecule has 14 heteroatoms. The van der Waals surface area contributed by atoms with E-state index in [1.165, 1.54) is 6.20 Å². The Morgan fingerprint density at radius 2 is 1.78 bits per heavy atom. The van der Waals surface area contributed by atoms with E-state index in [0.717, 1.165) is 24.4 Å². The Kier molecular flexibility index (Phi) is 7.52. The molecule has 3 heterocycles. The lowest BCUT2D eigenvalue weighted by molar-refractivity contribution is 0.147. The van der Waals surface area contributed by atoms with Gasteiger partial charge in [-0.15, -0.1) is 0 Å². The number of nitrogens with zero attached hydrogens (tertiary/aromatic N) is 3. The summed E-state index contributed by atoms with van der Waals surface area (Å²) in [7, 11) is -7.13. The Labute approximate surface area is 214 Å². The molecule has 1 N–H and O–H groups in total. The summed E-state index contributed by atoms with van der Waals surface area (Å²) in [5, 5.41) is -0.178. The molecule has 12 nitrogen and oxygen atoms in total. The zero-order valence-corrected chi connectivity index (χ0v) is 22.2. The summed E-state index contributed by atoms with van der Waals surface area (Å²) in [6, 6.07) is 8.76. The van der Waals surface area contributed by atoms with Gasteiger partial charge in [0.25, 0.3) is 10.1 Å². The number of aromatic nitrogens is 3. The summed E-state index contributed by atoms with van der Waals surface area (Å²) < 4.78 is 68.2. The van der Waals surface area contributed by atoms with Crippen LogP contribution in [0.4, 0.5) is 0 Å². The van der Waals surface area contributed by atoms with E-state index in [0.29, 0.717) is 35.2 Å². The maximum absolute atomic E-state index is 11.7. The number of sulfone groups is 1. The molecule has 3 aromatic rings. The van der Waals surface area contributed by atoms with Crippen LogP contribution in [0.15, 0.2) is 52.7 Å². The maximum atomic E-state index is 11.7. The highest BCUT2D eigenvalue weighted by atomic mass is 32.2. The van der Waals surface area contributed by atoms with Crippen molar-refractivity contribution in [3.63, 3.8) is 0 Å². The summed E-state index contributed by atoms with van der Waals surface area (Å²) in [6.07, 6.45) is 3.71. The van der Waals surface area contributed by atoms with E-state index in [2.05, 4.69) is 19.9 Å². The van der Waals surface area contributed by atoms with Gasteiger partial charge in [-0.3, -0.25) is 4.18 Å². The average Bonchev–Trinajstić information content (AvgIpc) is 3.46. The van der Waals surface area contributed by atoms with Crippen LogP contribution in [0.25, 0.3) is 11.3 Å². The van der Waals surface area contributed by atoms with Crippen molar-refractivity contribution >= 4 is 25.9 Å². The third-order valence-corrected chi connectivity index (χ3v) is 6.51. The number of H-pyrrole nitrogens is 1. The Hall–Kier alpha value is -3.49. The van der Waals surface area contributed by atoms with Gasteiger partial charge in [-0.05, 0) is 38.1 Å². The number of hydrogen-bond acceptors (Lipinski definition) is 11. The van der Waals surface area contributed by atoms with Crippen LogP contribution < -0.4 is 9.47 Å². The molecule has 0 amide bonds.